The summed E-state index contributed by atoms with van der Waals surface area (Å²) in [5, 5.41) is 21.7. The third-order valence-corrected chi connectivity index (χ3v) is 6.17. The van der Waals surface area contributed by atoms with E-state index in [4.69, 9.17) is 4.74 Å². The van der Waals surface area contributed by atoms with Crippen molar-refractivity contribution in [2.45, 2.75) is 44.3 Å². The second-order valence-electron chi connectivity index (χ2n) is 8.11. The maximum absolute atomic E-state index is 13.1. The first kappa shape index (κ1) is 20.4. The molecule has 1 fully saturated rings. The molecule has 2 aromatic carbocycles. The number of Topliss-reactive ketones (excluding diaryl/α,β-unsaturated/α-hetero) is 1. The molecule has 0 aromatic heterocycles. The number of aliphatic hydroxyl groups excluding tert-OH is 2. The third-order valence-electron chi connectivity index (χ3n) is 6.17. The number of cyclic esters (lactones) is 1. The highest BCUT2D eigenvalue weighted by molar-refractivity contribution is 6.09. The van der Waals surface area contributed by atoms with Gasteiger partial charge in [0, 0.05) is 11.8 Å². The summed E-state index contributed by atoms with van der Waals surface area (Å²) < 4.78 is 5.59. The van der Waals surface area contributed by atoms with Crippen LogP contribution < -0.4 is 0 Å². The molecule has 156 valence electrons. The molecule has 4 atom stereocenters. The molecule has 1 aliphatic carbocycles. The maximum Gasteiger partial charge on any atom is 0.339 e. The van der Waals surface area contributed by atoms with E-state index >= 15 is 0 Å². The van der Waals surface area contributed by atoms with Crippen molar-refractivity contribution >= 4 is 11.8 Å². The summed E-state index contributed by atoms with van der Waals surface area (Å²) in [5.41, 5.74) is 1.58. The fourth-order valence-corrected chi connectivity index (χ4v) is 4.42. The number of aliphatic hydroxyl groups is 2. The van der Waals surface area contributed by atoms with Crippen molar-refractivity contribution in [2.24, 2.45) is 11.8 Å². The zero-order chi connectivity index (χ0) is 21.3. The molecule has 1 saturated carbocycles. The van der Waals surface area contributed by atoms with E-state index < -0.39 is 35.6 Å². The van der Waals surface area contributed by atoms with Gasteiger partial charge in [-0.2, -0.15) is 0 Å². The van der Waals surface area contributed by atoms with E-state index in [0.717, 1.165) is 18.4 Å². The normalized spacial score (nSPS) is 22.4. The van der Waals surface area contributed by atoms with Crippen LogP contribution in [0.4, 0.5) is 0 Å². The number of hydrogen-bond donors (Lipinski definition) is 2. The van der Waals surface area contributed by atoms with Crippen LogP contribution in [0.15, 0.2) is 72.0 Å². The molecular weight excluding hydrogens is 380 g/mol. The SMILES string of the molecule is CC[C@H](C1OC(=O)C([C@@H](c2ccccc2)C2CC2)=C(O)C1=O)[C@H](O)c1ccccc1. The van der Waals surface area contributed by atoms with Crippen molar-refractivity contribution in [2.75, 3.05) is 0 Å². The molecule has 2 aromatic rings. The van der Waals surface area contributed by atoms with Crippen LogP contribution in [0, 0.1) is 11.8 Å². The predicted octanol–water partition coefficient (Wildman–Crippen LogP) is 4.25. The number of carbonyl (C=O) groups excluding carboxylic acids is 2. The molecule has 2 aliphatic rings. The highest BCUT2D eigenvalue weighted by Gasteiger charge is 2.48. The Morgan fingerprint density at radius 1 is 0.967 bits per heavy atom. The van der Waals surface area contributed by atoms with E-state index in [1.54, 1.807) is 24.3 Å². The van der Waals surface area contributed by atoms with Gasteiger partial charge in [-0.15, -0.1) is 0 Å². The topological polar surface area (TPSA) is 83.8 Å². The van der Waals surface area contributed by atoms with Crippen LogP contribution in [-0.2, 0) is 14.3 Å². The lowest BCUT2D eigenvalue weighted by atomic mass is 9.80. The number of ether oxygens (including phenoxy) is 1. The largest absolute Gasteiger partial charge is 0.504 e. The van der Waals surface area contributed by atoms with Gasteiger partial charge < -0.3 is 14.9 Å². The van der Waals surface area contributed by atoms with Gasteiger partial charge >= 0.3 is 5.97 Å². The molecule has 5 heteroatoms. The van der Waals surface area contributed by atoms with Gasteiger partial charge in [0.1, 0.15) is 0 Å². The molecule has 1 heterocycles. The molecule has 0 amide bonds. The number of carbonyl (C=O) groups is 2. The highest BCUT2D eigenvalue weighted by atomic mass is 16.6. The molecule has 4 rings (SSSR count). The zero-order valence-corrected chi connectivity index (χ0v) is 16.9. The van der Waals surface area contributed by atoms with Crippen LogP contribution in [0.1, 0.15) is 49.3 Å². The predicted molar refractivity (Wildman–Crippen MR) is 112 cm³/mol. The van der Waals surface area contributed by atoms with Crippen molar-refractivity contribution < 1.29 is 24.5 Å². The molecule has 0 bridgehead atoms. The number of hydrogen-bond acceptors (Lipinski definition) is 5. The Morgan fingerprint density at radius 2 is 1.53 bits per heavy atom. The van der Waals surface area contributed by atoms with Gasteiger partial charge in [0.15, 0.2) is 11.9 Å². The van der Waals surface area contributed by atoms with Gasteiger partial charge in [-0.3, -0.25) is 4.79 Å². The number of esters is 1. The Morgan fingerprint density at radius 3 is 2.07 bits per heavy atom. The van der Waals surface area contributed by atoms with Gasteiger partial charge in [0.2, 0.25) is 5.78 Å². The highest BCUT2D eigenvalue weighted by Crippen LogP contribution is 2.49. The summed E-state index contributed by atoms with van der Waals surface area (Å²) in [6, 6.07) is 18.4. The van der Waals surface area contributed by atoms with E-state index in [-0.39, 0.29) is 17.4 Å². The molecule has 30 heavy (non-hydrogen) atoms. The lowest BCUT2D eigenvalue weighted by molar-refractivity contribution is -0.161. The molecule has 0 radical (unpaired) electrons. The van der Waals surface area contributed by atoms with Gasteiger partial charge in [0.25, 0.3) is 0 Å². The zero-order valence-electron chi connectivity index (χ0n) is 16.9. The van der Waals surface area contributed by atoms with Crippen molar-refractivity contribution in [1.29, 1.82) is 0 Å². The molecule has 1 aliphatic heterocycles. The van der Waals surface area contributed by atoms with Crippen LogP contribution in [0.5, 0.6) is 0 Å². The summed E-state index contributed by atoms with van der Waals surface area (Å²) >= 11 is 0. The minimum absolute atomic E-state index is 0.0500. The van der Waals surface area contributed by atoms with Crippen molar-refractivity contribution in [3.05, 3.63) is 83.1 Å². The fourth-order valence-electron chi connectivity index (χ4n) is 4.42. The van der Waals surface area contributed by atoms with Crippen LogP contribution in [-0.4, -0.2) is 28.1 Å². The molecule has 0 spiro atoms. The first-order valence-electron chi connectivity index (χ1n) is 10.5. The summed E-state index contributed by atoms with van der Waals surface area (Å²) in [6.07, 6.45) is 0.0854. The summed E-state index contributed by atoms with van der Waals surface area (Å²) in [5.74, 6) is -2.62. The number of benzene rings is 2. The smallest absolute Gasteiger partial charge is 0.339 e. The third kappa shape index (κ3) is 3.77. The maximum atomic E-state index is 13.1. The van der Waals surface area contributed by atoms with Crippen molar-refractivity contribution in [3.8, 4) is 0 Å². The quantitative estimate of drug-likeness (QED) is 0.672. The average Bonchev–Trinajstić information content (AvgIpc) is 3.61. The molecule has 2 N–H and O–H groups in total. The lowest BCUT2D eigenvalue weighted by Gasteiger charge is -2.33. The summed E-state index contributed by atoms with van der Waals surface area (Å²) in [6.45, 7) is 1.82. The van der Waals surface area contributed by atoms with Crippen molar-refractivity contribution in [1.82, 2.24) is 0 Å². The molecular formula is C25H26O5. The Labute approximate surface area is 176 Å². The second kappa shape index (κ2) is 8.44. The van der Waals surface area contributed by atoms with Gasteiger partial charge in [-0.1, -0.05) is 67.6 Å². The van der Waals surface area contributed by atoms with Crippen LogP contribution >= 0.6 is 0 Å². The first-order chi connectivity index (χ1) is 14.5. The number of rotatable bonds is 7. The van der Waals surface area contributed by atoms with E-state index in [1.165, 1.54) is 0 Å². The summed E-state index contributed by atoms with van der Waals surface area (Å²) in [4.78, 5) is 26.1. The number of ketones is 1. The minimum Gasteiger partial charge on any atom is -0.504 e. The Kier molecular flexibility index (Phi) is 5.73. The average molecular weight is 406 g/mol. The van der Waals surface area contributed by atoms with Crippen LogP contribution in [0.3, 0.4) is 0 Å². The van der Waals surface area contributed by atoms with Gasteiger partial charge in [-0.05, 0) is 36.3 Å². The lowest BCUT2D eigenvalue weighted by Crippen LogP contribution is -2.43. The fraction of sp³-hybridized carbons (Fsp3) is 0.360. The van der Waals surface area contributed by atoms with Gasteiger partial charge in [0.05, 0.1) is 11.7 Å². The van der Waals surface area contributed by atoms with Crippen LogP contribution in [0.25, 0.3) is 0 Å². The van der Waals surface area contributed by atoms with Crippen molar-refractivity contribution in [3.63, 3.8) is 0 Å². The minimum atomic E-state index is -1.21. The standard InChI is InChI=1S/C25H26O5/c1-2-18(21(26)17-11-7-4-8-12-17)24-23(28)22(27)20(25(29)30-24)19(16-13-14-16)15-9-5-3-6-10-15/h3-12,16,18-19,21,24,26-27H,2,13-14H2,1H3/t18-,19-,21+,24?/m0/s1. The van der Waals surface area contributed by atoms with E-state index in [2.05, 4.69) is 0 Å². The first-order valence-corrected chi connectivity index (χ1v) is 10.5. The van der Waals surface area contributed by atoms with Crippen LogP contribution in [0.2, 0.25) is 0 Å². The van der Waals surface area contributed by atoms with E-state index in [1.807, 2.05) is 43.3 Å². The summed E-state index contributed by atoms with van der Waals surface area (Å²) in [7, 11) is 0. The molecule has 5 nitrogen and oxygen atoms in total. The monoisotopic (exact) mass is 406 g/mol. The van der Waals surface area contributed by atoms with E-state index in [9.17, 15) is 19.8 Å². The molecule has 1 unspecified atom stereocenters. The Bertz CT molecular complexity index is 946. The Hall–Kier alpha value is -2.92. The van der Waals surface area contributed by atoms with E-state index in [0.29, 0.717) is 12.0 Å². The molecule has 0 saturated heterocycles. The second-order valence-corrected chi connectivity index (χ2v) is 8.11. The Balaban J connectivity index is 1.67. The van der Waals surface area contributed by atoms with Gasteiger partial charge in [-0.25, -0.2) is 4.79 Å².